The third-order valence-electron chi connectivity index (χ3n) is 2.84. The van der Waals surface area contributed by atoms with Crippen LogP contribution in [0.3, 0.4) is 0 Å². The molecule has 2 N–H and O–H groups in total. The summed E-state index contributed by atoms with van der Waals surface area (Å²) < 4.78 is 0. The minimum atomic E-state index is -0.0326. The highest BCUT2D eigenvalue weighted by Gasteiger charge is 2.23. The number of urea groups is 1. The van der Waals surface area contributed by atoms with Crippen molar-refractivity contribution in [3.8, 4) is 0 Å². The van der Waals surface area contributed by atoms with Crippen molar-refractivity contribution in [3.63, 3.8) is 0 Å². The Balaban J connectivity index is 2.30. The van der Waals surface area contributed by atoms with Crippen molar-refractivity contribution in [2.24, 2.45) is 0 Å². The first-order valence-corrected chi connectivity index (χ1v) is 6.14. The Morgan fingerprint density at radius 1 is 1.12 bits per heavy atom. The normalized spacial score (nSPS) is 15.9. The molecule has 1 fully saturated rings. The molecule has 0 aromatic heterocycles. The van der Waals surface area contributed by atoms with Crippen LogP contribution in [0, 0.1) is 0 Å². The SMILES string of the molecule is CCNC(=O)N1CCN(C(=O)CCNC)CC1. The predicted molar refractivity (Wildman–Crippen MR) is 65.8 cm³/mol. The van der Waals surface area contributed by atoms with E-state index in [-0.39, 0.29) is 11.9 Å². The fourth-order valence-electron chi connectivity index (χ4n) is 1.81. The second-order valence-electron chi connectivity index (χ2n) is 4.06. The average molecular weight is 242 g/mol. The van der Waals surface area contributed by atoms with Gasteiger partial charge in [0.15, 0.2) is 0 Å². The zero-order chi connectivity index (χ0) is 12.7. The van der Waals surface area contributed by atoms with Gasteiger partial charge >= 0.3 is 6.03 Å². The minimum Gasteiger partial charge on any atom is -0.339 e. The van der Waals surface area contributed by atoms with Crippen molar-refractivity contribution in [1.29, 1.82) is 0 Å². The van der Waals surface area contributed by atoms with Crippen LogP contribution in [0.2, 0.25) is 0 Å². The fourth-order valence-corrected chi connectivity index (χ4v) is 1.81. The zero-order valence-corrected chi connectivity index (χ0v) is 10.7. The maximum Gasteiger partial charge on any atom is 0.317 e. The lowest BCUT2D eigenvalue weighted by molar-refractivity contribution is -0.132. The third kappa shape index (κ3) is 4.22. The molecule has 6 heteroatoms. The van der Waals surface area contributed by atoms with E-state index in [1.165, 1.54) is 0 Å². The standard InChI is InChI=1S/C11H22N4O2/c1-3-13-11(17)15-8-6-14(7-9-15)10(16)4-5-12-2/h12H,3-9H2,1-2H3,(H,13,17). The first-order valence-electron chi connectivity index (χ1n) is 6.14. The van der Waals surface area contributed by atoms with Gasteiger partial charge in [0, 0.05) is 45.7 Å². The van der Waals surface area contributed by atoms with Crippen LogP contribution in [0.25, 0.3) is 0 Å². The van der Waals surface area contributed by atoms with Crippen molar-refractivity contribution in [2.75, 3.05) is 46.3 Å². The van der Waals surface area contributed by atoms with Crippen molar-refractivity contribution in [1.82, 2.24) is 20.4 Å². The van der Waals surface area contributed by atoms with E-state index < -0.39 is 0 Å². The van der Waals surface area contributed by atoms with Gasteiger partial charge in [0.05, 0.1) is 0 Å². The summed E-state index contributed by atoms with van der Waals surface area (Å²) in [6.07, 6.45) is 0.525. The average Bonchev–Trinajstić information content (AvgIpc) is 2.36. The van der Waals surface area contributed by atoms with E-state index in [0.29, 0.717) is 45.7 Å². The molecule has 17 heavy (non-hydrogen) atoms. The summed E-state index contributed by atoms with van der Waals surface area (Å²) in [5.74, 6) is 0.162. The summed E-state index contributed by atoms with van der Waals surface area (Å²) >= 11 is 0. The van der Waals surface area contributed by atoms with Gasteiger partial charge in [-0.15, -0.1) is 0 Å². The van der Waals surface area contributed by atoms with E-state index in [0.717, 1.165) is 0 Å². The molecule has 1 saturated heterocycles. The smallest absolute Gasteiger partial charge is 0.317 e. The van der Waals surface area contributed by atoms with E-state index in [2.05, 4.69) is 10.6 Å². The van der Waals surface area contributed by atoms with E-state index in [1.54, 1.807) is 4.90 Å². The maximum atomic E-state index is 11.7. The molecule has 0 aromatic carbocycles. The molecule has 6 nitrogen and oxygen atoms in total. The molecule has 0 saturated carbocycles. The lowest BCUT2D eigenvalue weighted by Gasteiger charge is -2.34. The number of nitrogens with one attached hydrogen (secondary N) is 2. The molecule has 98 valence electrons. The second-order valence-corrected chi connectivity index (χ2v) is 4.06. The van der Waals surface area contributed by atoms with Crippen LogP contribution in [0.15, 0.2) is 0 Å². The van der Waals surface area contributed by atoms with Gasteiger partial charge in [0.1, 0.15) is 0 Å². The molecule has 0 radical (unpaired) electrons. The van der Waals surface area contributed by atoms with E-state index in [1.807, 2.05) is 18.9 Å². The number of carbonyl (C=O) groups is 2. The molecule has 1 heterocycles. The van der Waals surface area contributed by atoms with Crippen LogP contribution < -0.4 is 10.6 Å². The largest absolute Gasteiger partial charge is 0.339 e. The van der Waals surface area contributed by atoms with E-state index in [4.69, 9.17) is 0 Å². The highest BCUT2D eigenvalue weighted by molar-refractivity contribution is 5.77. The summed E-state index contributed by atoms with van der Waals surface area (Å²) in [4.78, 5) is 26.9. The Morgan fingerprint density at radius 2 is 1.71 bits per heavy atom. The van der Waals surface area contributed by atoms with E-state index in [9.17, 15) is 9.59 Å². The molecule has 0 aliphatic carbocycles. The number of amides is 3. The number of piperazine rings is 1. The molecule has 0 spiro atoms. The van der Waals surface area contributed by atoms with Crippen molar-refractivity contribution >= 4 is 11.9 Å². The van der Waals surface area contributed by atoms with Crippen molar-refractivity contribution in [3.05, 3.63) is 0 Å². The van der Waals surface area contributed by atoms with Gasteiger partial charge in [-0.2, -0.15) is 0 Å². The number of hydrogen-bond donors (Lipinski definition) is 2. The number of rotatable bonds is 4. The lowest BCUT2D eigenvalue weighted by Crippen LogP contribution is -2.53. The molecule has 0 atom stereocenters. The van der Waals surface area contributed by atoms with Crippen molar-refractivity contribution in [2.45, 2.75) is 13.3 Å². The van der Waals surface area contributed by atoms with E-state index >= 15 is 0 Å². The summed E-state index contributed by atoms with van der Waals surface area (Å²) in [5.41, 5.74) is 0. The Labute approximate surface area is 102 Å². The Kier molecular flexibility index (Phi) is 5.76. The topological polar surface area (TPSA) is 64.7 Å². The lowest BCUT2D eigenvalue weighted by atomic mass is 10.3. The Bertz CT molecular complexity index is 262. The number of hydrogen-bond acceptors (Lipinski definition) is 3. The number of carbonyl (C=O) groups excluding carboxylic acids is 2. The zero-order valence-electron chi connectivity index (χ0n) is 10.7. The van der Waals surface area contributed by atoms with Crippen LogP contribution in [0.1, 0.15) is 13.3 Å². The van der Waals surface area contributed by atoms with Crippen molar-refractivity contribution < 1.29 is 9.59 Å². The van der Waals surface area contributed by atoms with Gasteiger partial charge in [-0.1, -0.05) is 0 Å². The quantitative estimate of drug-likeness (QED) is 0.696. The van der Waals surface area contributed by atoms with Gasteiger partial charge in [0.25, 0.3) is 0 Å². The molecule has 3 amide bonds. The fraction of sp³-hybridized carbons (Fsp3) is 0.818. The highest BCUT2D eigenvalue weighted by Crippen LogP contribution is 2.03. The molecule has 1 aliphatic heterocycles. The summed E-state index contributed by atoms with van der Waals surface area (Å²) in [6.45, 7) is 5.76. The molecule has 1 rings (SSSR count). The van der Waals surface area contributed by atoms with Crippen LogP contribution in [-0.4, -0.2) is 68.1 Å². The monoisotopic (exact) mass is 242 g/mol. The predicted octanol–water partition coefficient (Wildman–Crippen LogP) is -0.530. The molecule has 0 unspecified atom stereocenters. The summed E-state index contributed by atoms with van der Waals surface area (Å²) in [7, 11) is 1.83. The van der Waals surface area contributed by atoms with Gasteiger partial charge in [-0.25, -0.2) is 4.79 Å². The van der Waals surface area contributed by atoms with Gasteiger partial charge in [-0.05, 0) is 14.0 Å². The van der Waals surface area contributed by atoms with Gasteiger partial charge in [0.2, 0.25) is 5.91 Å². The minimum absolute atomic E-state index is 0.0326. The molecular formula is C11H22N4O2. The first-order chi connectivity index (χ1) is 8.19. The molecule has 1 aliphatic rings. The summed E-state index contributed by atoms with van der Waals surface area (Å²) in [5, 5.41) is 5.73. The number of nitrogens with zero attached hydrogens (tertiary/aromatic N) is 2. The summed E-state index contributed by atoms with van der Waals surface area (Å²) in [6, 6.07) is -0.0326. The third-order valence-corrected chi connectivity index (χ3v) is 2.84. The van der Waals surface area contributed by atoms with Crippen LogP contribution in [0.5, 0.6) is 0 Å². The highest BCUT2D eigenvalue weighted by atomic mass is 16.2. The van der Waals surface area contributed by atoms with Gasteiger partial charge in [-0.3, -0.25) is 4.79 Å². The van der Waals surface area contributed by atoms with Crippen LogP contribution in [0.4, 0.5) is 4.79 Å². The Hall–Kier alpha value is -1.30. The van der Waals surface area contributed by atoms with Crippen LogP contribution in [-0.2, 0) is 4.79 Å². The Morgan fingerprint density at radius 3 is 2.24 bits per heavy atom. The van der Waals surface area contributed by atoms with Crippen LogP contribution >= 0.6 is 0 Å². The molecule has 0 aromatic rings. The molecule has 0 bridgehead atoms. The second kappa shape index (κ2) is 7.11. The van der Waals surface area contributed by atoms with Gasteiger partial charge < -0.3 is 20.4 Å². The maximum absolute atomic E-state index is 11.7. The first kappa shape index (κ1) is 13.8. The molecular weight excluding hydrogens is 220 g/mol.